The maximum absolute atomic E-state index is 14.9. The lowest BCUT2D eigenvalue weighted by Gasteiger charge is -2.29. The molecule has 33 heavy (non-hydrogen) atoms. The van der Waals surface area contributed by atoms with Crippen LogP contribution in [0.25, 0.3) is 5.69 Å². The van der Waals surface area contributed by atoms with Gasteiger partial charge < -0.3 is 19.9 Å². The van der Waals surface area contributed by atoms with Crippen molar-refractivity contribution in [3.05, 3.63) is 114 Å². The fourth-order valence-corrected chi connectivity index (χ4v) is 4.54. The van der Waals surface area contributed by atoms with Gasteiger partial charge in [-0.25, -0.2) is 9.18 Å². The number of carboxylic acids is 1. The molecule has 8 heteroatoms. The third-order valence-corrected chi connectivity index (χ3v) is 6.00. The second kappa shape index (κ2) is 8.48. The number of hydrogen-bond donors (Lipinski definition) is 2. The molecule has 0 spiro atoms. The summed E-state index contributed by atoms with van der Waals surface area (Å²) in [6, 6.07) is 21.9. The van der Waals surface area contributed by atoms with Crippen molar-refractivity contribution in [3.8, 4) is 5.69 Å². The van der Waals surface area contributed by atoms with Crippen molar-refractivity contribution < 1.29 is 14.3 Å². The molecule has 2 aromatic carbocycles. The SMILES string of the molecule is O=C(O)c1ccc(-n2cccc2[C@H]2[C@@H](c3ccccn3)NC(=S)N2c2ccccc2F)cc1. The Hall–Kier alpha value is -4.04. The number of pyridine rings is 1. The number of para-hydroxylation sites is 1. The topological polar surface area (TPSA) is 70.4 Å². The Balaban J connectivity index is 1.65. The lowest BCUT2D eigenvalue weighted by atomic mass is 10.0. The molecule has 0 bridgehead atoms. The average molecular weight is 459 g/mol. The first-order valence-corrected chi connectivity index (χ1v) is 10.7. The van der Waals surface area contributed by atoms with E-state index in [4.69, 9.17) is 12.2 Å². The van der Waals surface area contributed by atoms with Crippen LogP contribution in [0.1, 0.15) is 33.8 Å². The minimum Gasteiger partial charge on any atom is -0.478 e. The Morgan fingerprint density at radius 3 is 2.45 bits per heavy atom. The first-order valence-electron chi connectivity index (χ1n) is 10.3. The molecule has 2 atom stereocenters. The van der Waals surface area contributed by atoms with Crippen molar-refractivity contribution in [2.75, 3.05) is 4.90 Å². The number of anilines is 1. The number of benzene rings is 2. The zero-order valence-corrected chi connectivity index (χ0v) is 18.1. The third-order valence-electron chi connectivity index (χ3n) is 5.69. The highest BCUT2D eigenvalue weighted by molar-refractivity contribution is 7.80. The molecular weight excluding hydrogens is 439 g/mol. The van der Waals surface area contributed by atoms with Crippen LogP contribution in [-0.2, 0) is 0 Å². The molecule has 1 aliphatic rings. The highest BCUT2D eigenvalue weighted by Crippen LogP contribution is 2.42. The van der Waals surface area contributed by atoms with E-state index in [2.05, 4.69) is 10.3 Å². The molecule has 2 aromatic heterocycles. The van der Waals surface area contributed by atoms with Crippen LogP contribution in [0, 0.1) is 5.82 Å². The average Bonchev–Trinajstić information content (AvgIpc) is 3.44. The monoisotopic (exact) mass is 458 g/mol. The number of aromatic nitrogens is 2. The molecule has 164 valence electrons. The van der Waals surface area contributed by atoms with Gasteiger partial charge in [0.1, 0.15) is 11.9 Å². The molecule has 6 nitrogen and oxygen atoms in total. The summed E-state index contributed by atoms with van der Waals surface area (Å²) in [4.78, 5) is 17.6. The van der Waals surface area contributed by atoms with Gasteiger partial charge in [-0.05, 0) is 72.9 Å². The van der Waals surface area contributed by atoms with E-state index < -0.39 is 12.0 Å². The largest absolute Gasteiger partial charge is 0.478 e. The number of aromatic carboxylic acids is 1. The zero-order valence-electron chi connectivity index (χ0n) is 17.3. The summed E-state index contributed by atoms with van der Waals surface area (Å²) < 4.78 is 16.8. The Bertz CT molecular complexity index is 1320. The van der Waals surface area contributed by atoms with E-state index in [0.29, 0.717) is 10.8 Å². The summed E-state index contributed by atoms with van der Waals surface area (Å²) in [5.41, 5.74) is 2.98. The fourth-order valence-electron chi connectivity index (χ4n) is 4.20. The summed E-state index contributed by atoms with van der Waals surface area (Å²) in [5.74, 6) is -1.36. The fraction of sp³-hybridized carbons (Fsp3) is 0.0800. The second-order valence-corrected chi connectivity index (χ2v) is 7.99. The molecule has 0 radical (unpaired) electrons. The first kappa shape index (κ1) is 20.8. The number of rotatable bonds is 5. The maximum Gasteiger partial charge on any atom is 0.335 e. The van der Waals surface area contributed by atoms with Crippen molar-refractivity contribution in [2.45, 2.75) is 12.1 Å². The van der Waals surface area contributed by atoms with Gasteiger partial charge in [0, 0.05) is 23.8 Å². The highest BCUT2D eigenvalue weighted by Gasteiger charge is 2.42. The van der Waals surface area contributed by atoms with Gasteiger partial charge in [0.15, 0.2) is 5.11 Å². The van der Waals surface area contributed by atoms with Gasteiger partial charge in [0.2, 0.25) is 0 Å². The number of carbonyl (C=O) groups is 1. The van der Waals surface area contributed by atoms with Gasteiger partial charge in [0.05, 0.1) is 23.0 Å². The lowest BCUT2D eigenvalue weighted by Crippen LogP contribution is -2.31. The Kier molecular flexibility index (Phi) is 5.35. The van der Waals surface area contributed by atoms with Crippen LogP contribution in [0.2, 0.25) is 0 Å². The molecule has 2 N–H and O–H groups in total. The molecule has 0 unspecified atom stereocenters. The molecule has 3 heterocycles. The molecule has 0 aliphatic carbocycles. The maximum atomic E-state index is 14.9. The second-order valence-electron chi connectivity index (χ2n) is 7.60. The number of carboxylic acid groups (broad SMARTS) is 1. The summed E-state index contributed by atoms with van der Waals surface area (Å²) in [7, 11) is 0. The van der Waals surface area contributed by atoms with Gasteiger partial charge in [-0.15, -0.1) is 0 Å². The standard InChI is InChI=1S/C25H19FN4O2S/c26-18-6-1-2-8-20(18)30-23(22(28-25(30)33)19-7-3-4-14-27-19)21-9-5-15-29(21)17-12-10-16(11-13-17)24(31)32/h1-15,22-23H,(H,28,33)(H,31,32)/t22-,23+/m1/s1. The molecule has 1 fully saturated rings. The molecule has 4 aromatic rings. The quantitative estimate of drug-likeness (QED) is 0.415. The Morgan fingerprint density at radius 2 is 1.76 bits per heavy atom. The van der Waals surface area contributed by atoms with Gasteiger partial charge in [-0.3, -0.25) is 4.98 Å². The van der Waals surface area contributed by atoms with Crippen LogP contribution in [0.5, 0.6) is 0 Å². The number of nitrogens with one attached hydrogen (secondary N) is 1. The van der Waals surface area contributed by atoms with Gasteiger partial charge in [0.25, 0.3) is 0 Å². The Labute approximate surface area is 194 Å². The predicted molar refractivity (Wildman–Crippen MR) is 127 cm³/mol. The number of hydrogen-bond acceptors (Lipinski definition) is 3. The van der Waals surface area contributed by atoms with E-state index in [9.17, 15) is 14.3 Å². The van der Waals surface area contributed by atoms with Gasteiger partial charge in [-0.2, -0.15) is 0 Å². The van der Waals surface area contributed by atoms with Crippen molar-refractivity contribution in [2.24, 2.45) is 0 Å². The van der Waals surface area contributed by atoms with E-state index in [1.54, 1.807) is 53.6 Å². The summed E-state index contributed by atoms with van der Waals surface area (Å²) in [6.45, 7) is 0. The van der Waals surface area contributed by atoms with Gasteiger partial charge >= 0.3 is 5.97 Å². The minimum atomic E-state index is -0.986. The predicted octanol–water partition coefficient (Wildman–Crippen LogP) is 4.89. The van der Waals surface area contributed by atoms with E-state index in [1.807, 2.05) is 41.1 Å². The van der Waals surface area contributed by atoms with Crippen LogP contribution in [0.4, 0.5) is 10.1 Å². The van der Waals surface area contributed by atoms with Crippen LogP contribution >= 0.6 is 12.2 Å². The van der Waals surface area contributed by atoms with Crippen LogP contribution in [-0.4, -0.2) is 25.7 Å². The minimum absolute atomic E-state index is 0.204. The summed E-state index contributed by atoms with van der Waals surface area (Å²) >= 11 is 5.66. The van der Waals surface area contributed by atoms with E-state index in [1.165, 1.54) is 6.07 Å². The molecule has 0 saturated carbocycles. The summed E-state index contributed by atoms with van der Waals surface area (Å²) in [5, 5.41) is 13.0. The van der Waals surface area contributed by atoms with E-state index >= 15 is 0 Å². The highest BCUT2D eigenvalue weighted by atomic mass is 32.1. The van der Waals surface area contributed by atoms with Crippen molar-refractivity contribution in [1.29, 1.82) is 0 Å². The number of halogens is 1. The lowest BCUT2D eigenvalue weighted by molar-refractivity contribution is 0.0697. The molecular formula is C25H19FN4O2S. The van der Waals surface area contributed by atoms with Crippen molar-refractivity contribution >= 4 is 29.0 Å². The smallest absolute Gasteiger partial charge is 0.335 e. The van der Waals surface area contributed by atoms with Crippen LogP contribution < -0.4 is 10.2 Å². The third kappa shape index (κ3) is 3.74. The number of nitrogens with zero attached hydrogens (tertiary/aromatic N) is 3. The van der Waals surface area contributed by atoms with E-state index in [0.717, 1.165) is 17.1 Å². The summed E-state index contributed by atoms with van der Waals surface area (Å²) in [6.07, 6.45) is 3.61. The van der Waals surface area contributed by atoms with Gasteiger partial charge in [-0.1, -0.05) is 18.2 Å². The van der Waals surface area contributed by atoms with Crippen molar-refractivity contribution in [1.82, 2.24) is 14.9 Å². The number of thiocarbonyl (C=S) groups is 1. The first-order chi connectivity index (χ1) is 16.0. The van der Waals surface area contributed by atoms with Crippen LogP contribution in [0.15, 0.2) is 91.3 Å². The normalized spacial score (nSPS) is 17.7. The van der Waals surface area contributed by atoms with E-state index in [-0.39, 0.29) is 17.4 Å². The molecule has 1 saturated heterocycles. The Morgan fingerprint density at radius 1 is 1.00 bits per heavy atom. The molecule has 5 rings (SSSR count). The molecule has 1 aliphatic heterocycles. The van der Waals surface area contributed by atoms with Crippen molar-refractivity contribution in [3.63, 3.8) is 0 Å². The molecule has 0 amide bonds. The van der Waals surface area contributed by atoms with Crippen LogP contribution in [0.3, 0.4) is 0 Å². The zero-order chi connectivity index (χ0) is 22.9.